The van der Waals surface area contributed by atoms with Crippen LogP contribution in [0.2, 0.25) is 0 Å². The third-order valence-electron chi connectivity index (χ3n) is 5.39. The lowest BCUT2D eigenvalue weighted by Crippen LogP contribution is -2.43. The van der Waals surface area contributed by atoms with Crippen LogP contribution in [0.3, 0.4) is 0 Å². The van der Waals surface area contributed by atoms with Gasteiger partial charge < -0.3 is 15.5 Å². The topological polar surface area (TPSA) is 115 Å². The first-order valence-electron chi connectivity index (χ1n) is 10.7. The van der Waals surface area contributed by atoms with Crippen LogP contribution in [0.4, 0.5) is 14.5 Å². The van der Waals surface area contributed by atoms with Gasteiger partial charge >= 0.3 is 0 Å². The fourth-order valence-electron chi connectivity index (χ4n) is 3.76. The second-order valence-corrected chi connectivity index (χ2v) is 7.96. The number of hydrogen-bond donors (Lipinski definition) is 2. The molecule has 0 spiro atoms. The summed E-state index contributed by atoms with van der Waals surface area (Å²) in [4.78, 5) is 42.0. The van der Waals surface area contributed by atoms with Crippen molar-refractivity contribution in [1.82, 2.24) is 15.2 Å². The van der Waals surface area contributed by atoms with E-state index in [0.29, 0.717) is 35.0 Å². The van der Waals surface area contributed by atoms with Crippen LogP contribution in [0.25, 0.3) is 10.9 Å². The minimum Gasteiger partial charge on any atom is -0.347 e. The Hall–Kier alpha value is -4.05. The lowest BCUT2D eigenvalue weighted by molar-refractivity contribution is -0.133. The number of nitriles is 1. The first-order valence-corrected chi connectivity index (χ1v) is 10.7. The van der Waals surface area contributed by atoms with Crippen molar-refractivity contribution in [2.75, 3.05) is 18.4 Å². The predicted octanol–water partition coefficient (Wildman–Crippen LogP) is 2.40. The summed E-state index contributed by atoms with van der Waals surface area (Å²) >= 11 is 0. The smallest absolute Gasteiger partial charge is 0.268 e. The molecule has 1 saturated heterocycles. The van der Waals surface area contributed by atoms with E-state index in [4.69, 9.17) is 11.7 Å². The first kappa shape index (κ1) is 24.6. The van der Waals surface area contributed by atoms with E-state index in [2.05, 4.69) is 21.5 Å². The molecular weight excluding hydrogens is 444 g/mol. The molecular formula is C24H23F2N5O3. The highest BCUT2D eigenvalue weighted by atomic mass is 19.3. The van der Waals surface area contributed by atoms with E-state index in [1.807, 2.05) is 0 Å². The predicted molar refractivity (Wildman–Crippen MR) is 120 cm³/mol. The molecule has 8 nitrogen and oxygen atoms in total. The van der Waals surface area contributed by atoms with Gasteiger partial charge in [-0.05, 0) is 24.1 Å². The first-order chi connectivity index (χ1) is 16.2. The Morgan fingerprint density at radius 1 is 1.26 bits per heavy atom. The highest BCUT2D eigenvalue weighted by Gasteiger charge is 2.47. The Balaban J connectivity index is 1.64. The van der Waals surface area contributed by atoms with Gasteiger partial charge in [-0.1, -0.05) is 12.1 Å². The largest absolute Gasteiger partial charge is 0.347 e. The standard InChI is InChI=1S/C24H23F2N5O3/c1-2-3-4-8-20(32)30-19-7-5-6-18-16(9-10-28-23(18)19)11-21(33)29-14-22(34)31-15-24(25,26)12-17(31)13-27/h1,5-7,9-10,17H,3-4,8,11-12,14-15H2,(H,29,33)(H,30,32)/t17-/m0/s1. The molecule has 0 bridgehead atoms. The van der Waals surface area contributed by atoms with Crippen molar-refractivity contribution in [2.24, 2.45) is 0 Å². The van der Waals surface area contributed by atoms with E-state index in [9.17, 15) is 23.2 Å². The van der Waals surface area contributed by atoms with Crippen molar-refractivity contribution >= 4 is 34.3 Å². The number of aromatic nitrogens is 1. The third kappa shape index (κ3) is 6.04. The monoisotopic (exact) mass is 467 g/mol. The fraction of sp³-hybridized carbons (Fsp3) is 0.375. The summed E-state index contributed by atoms with van der Waals surface area (Å²) < 4.78 is 27.1. The Morgan fingerprint density at radius 3 is 2.79 bits per heavy atom. The number of rotatable bonds is 8. The maximum Gasteiger partial charge on any atom is 0.268 e. The maximum absolute atomic E-state index is 13.5. The van der Waals surface area contributed by atoms with Crippen LogP contribution in [0, 0.1) is 23.7 Å². The molecule has 3 amide bonds. The molecule has 1 aliphatic rings. The average molecular weight is 467 g/mol. The number of fused-ring (bicyclic) bond motifs is 1. The number of para-hydroxylation sites is 1. The van der Waals surface area contributed by atoms with Crippen LogP contribution in [0.5, 0.6) is 0 Å². The average Bonchev–Trinajstić information content (AvgIpc) is 3.13. The SMILES string of the molecule is C#CCCCC(=O)Nc1cccc2c(CC(=O)NCC(=O)N3CC(F)(F)C[C@H]3C#N)ccnc12. The van der Waals surface area contributed by atoms with Crippen molar-refractivity contribution in [2.45, 2.75) is 44.1 Å². The number of carbonyl (C=O) groups excluding carboxylic acids is 3. The molecule has 2 aromatic rings. The van der Waals surface area contributed by atoms with Gasteiger partial charge in [0.2, 0.25) is 17.7 Å². The van der Waals surface area contributed by atoms with Gasteiger partial charge in [0.05, 0.1) is 36.8 Å². The molecule has 0 unspecified atom stereocenters. The molecule has 2 heterocycles. The van der Waals surface area contributed by atoms with Crippen LogP contribution >= 0.6 is 0 Å². The molecule has 0 aliphatic carbocycles. The Morgan fingerprint density at radius 2 is 2.06 bits per heavy atom. The van der Waals surface area contributed by atoms with Crippen LogP contribution in [-0.2, 0) is 20.8 Å². The van der Waals surface area contributed by atoms with E-state index in [0.717, 1.165) is 4.90 Å². The van der Waals surface area contributed by atoms with Gasteiger partial charge in [0.1, 0.15) is 6.04 Å². The molecule has 1 aromatic carbocycles. The van der Waals surface area contributed by atoms with Crippen LogP contribution in [0.1, 0.15) is 31.2 Å². The molecule has 1 fully saturated rings. The number of amides is 3. The summed E-state index contributed by atoms with van der Waals surface area (Å²) in [6.45, 7) is -1.33. The number of nitrogens with one attached hydrogen (secondary N) is 2. The van der Waals surface area contributed by atoms with Gasteiger partial charge in [-0.25, -0.2) is 8.78 Å². The van der Waals surface area contributed by atoms with Gasteiger partial charge in [-0.15, -0.1) is 12.3 Å². The number of pyridine rings is 1. The van der Waals surface area contributed by atoms with Crippen molar-refractivity contribution in [3.63, 3.8) is 0 Å². The summed E-state index contributed by atoms with van der Waals surface area (Å²) in [5.74, 6) is -2.08. The highest BCUT2D eigenvalue weighted by Crippen LogP contribution is 2.31. The Bertz CT molecular complexity index is 1190. The molecule has 10 heteroatoms. The fourth-order valence-corrected chi connectivity index (χ4v) is 3.76. The summed E-state index contributed by atoms with van der Waals surface area (Å²) in [5, 5.41) is 14.9. The number of unbranched alkanes of at least 4 members (excludes halogenated alkanes) is 1. The second-order valence-electron chi connectivity index (χ2n) is 7.96. The zero-order chi connectivity index (χ0) is 24.7. The maximum atomic E-state index is 13.5. The number of nitrogens with zero attached hydrogens (tertiary/aromatic N) is 3. The molecule has 0 radical (unpaired) electrons. The summed E-state index contributed by atoms with van der Waals surface area (Å²) in [5.41, 5.74) is 1.62. The van der Waals surface area contributed by atoms with E-state index >= 15 is 0 Å². The number of anilines is 1. The number of terminal acetylenes is 1. The zero-order valence-corrected chi connectivity index (χ0v) is 18.3. The number of benzene rings is 1. The minimum atomic E-state index is -3.12. The van der Waals surface area contributed by atoms with Gasteiger partial charge in [0, 0.05) is 30.8 Å². The van der Waals surface area contributed by atoms with Gasteiger partial charge in [-0.2, -0.15) is 5.26 Å². The molecule has 1 atom stereocenters. The second kappa shape index (κ2) is 10.7. The molecule has 0 saturated carbocycles. The Kier molecular flexibility index (Phi) is 7.75. The summed E-state index contributed by atoms with van der Waals surface area (Å²) in [6.07, 6.45) is 7.24. The van der Waals surface area contributed by atoms with Gasteiger partial charge in [-0.3, -0.25) is 19.4 Å². The van der Waals surface area contributed by atoms with Crippen molar-refractivity contribution in [1.29, 1.82) is 5.26 Å². The molecule has 1 aromatic heterocycles. The summed E-state index contributed by atoms with van der Waals surface area (Å²) in [6, 6.07) is 7.31. The van der Waals surface area contributed by atoms with Gasteiger partial charge in [0.15, 0.2) is 0 Å². The van der Waals surface area contributed by atoms with Crippen LogP contribution in [-0.4, -0.2) is 52.7 Å². The third-order valence-corrected chi connectivity index (χ3v) is 5.39. The van der Waals surface area contributed by atoms with E-state index in [-0.39, 0.29) is 18.7 Å². The van der Waals surface area contributed by atoms with E-state index in [1.165, 1.54) is 6.20 Å². The van der Waals surface area contributed by atoms with Crippen molar-refractivity contribution in [3.05, 3.63) is 36.0 Å². The lowest BCUT2D eigenvalue weighted by Gasteiger charge is -2.19. The number of hydrogen-bond acceptors (Lipinski definition) is 5. The Labute approximate surface area is 195 Å². The zero-order valence-electron chi connectivity index (χ0n) is 18.3. The number of alkyl halides is 2. The van der Waals surface area contributed by atoms with Crippen molar-refractivity contribution < 1.29 is 23.2 Å². The normalized spacial score (nSPS) is 16.5. The lowest BCUT2D eigenvalue weighted by atomic mass is 10.0. The molecule has 1 aliphatic heterocycles. The molecule has 2 N–H and O–H groups in total. The number of carbonyl (C=O) groups is 3. The van der Waals surface area contributed by atoms with E-state index in [1.54, 1.807) is 30.3 Å². The molecule has 3 rings (SSSR count). The van der Waals surface area contributed by atoms with Crippen LogP contribution in [0.15, 0.2) is 30.5 Å². The van der Waals surface area contributed by atoms with Gasteiger partial charge in [0.25, 0.3) is 5.92 Å². The summed E-state index contributed by atoms with van der Waals surface area (Å²) in [7, 11) is 0. The van der Waals surface area contributed by atoms with E-state index < -0.39 is 43.3 Å². The highest BCUT2D eigenvalue weighted by molar-refractivity contribution is 6.02. The number of likely N-dealkylation sites (tertiary alicyclic amines) is 1. The van der Waals surface area contributed by atoms with Crippen LogP contribution < -0.4 is 10.6 Å². The quantitative estimate of drug-likeness (QED) is 0.457. The van der Waals surface area contributed by atoms with Crippen molar-refractivity contribution in [3.8, 4) is 18.4 Å². The molecule has 176 valence electrons. The molecule has 34 heavy (non-hydrogen) atoms. The minimum absolute atomic E-state index is 0.0935. The number of halogens is 2.